The lowest BCUT2D eigenvalue weighted by Crippen LogP contribution is -2.36. The first-order chi connectivity index (χ1) is 12.1. The van der Waals surface area contributed by atoms with E-state index in [9.17, 15) is 4.79 Å². The number of anilines is 1. The third-order valence-corrected chi connectivity index (χ3v) is 4.03. The average molecular weight is 351 g/mol. The molecule has 2 atom stereocenters. The molecule has 0 aromatic heterocycles. The summed E-state index contributed by atoms with van der Waals surface area (Å²) in [6.07, 6.45) is 1.67. The van der Waals surface area contributed by atoms with Crippen molar-refractivity contribution >= 4 is 11.6 Å². The van der Waals surface area contributed by atoms with E-state index in [-0.39, 0.29) is 17.9 Å². The van der Waals surface area contributed by atoms with Crippen LogP contribution in [-0.2, 0) is 19.0 Å². The SMILES string of the molecule is COCCOc1ccc(NC(=O)[C@@H](OC[C@H]2CCCO2)C(C)C)cc1. The third-order valence-electron chi connectivity index (χ3n) is 4.03. The number of ether oxygens (including phenoxy) is 4. The standard InChI is InChI=1S/C19H29NO5/c1-14(2)18(25-13-17-5-4-10-23-17)19(21)20-15-6-8-16(9-7-15)24-12-11-22-3/h6-9,14,17-18H,4-5,10-13H2,1-3H3,(H,20,21)/t17-,18+/m1/s1. The first-order valence-corrected chi connectivity index (χ1v) is 8.86. The molecule has 0 radical (unpaired) electrons. The van der Waals surface area contributed by atoms with Gasteiger partial charge in [0.25, 0.3) is 5.91 Å². The summed E-state index contributed by atoms with van der Waals surface area (Å²) in [6, 6.07) is 7.28. The molecular weight excluding hydrogens is 322 g/mol. The van der Waals surface area contributed by atoms with E-state index in [1.807, 2.05) is 38.1 Å². The van der Waals surface area contributed by atoms with Gasteiger partial charge in [-0.1, -0.05) is 13.8 Å². The molecule has 6 nitrogen and oxygen atoms in total. The molecule has 0 aliphatic carbocycles. The van der Waals surface area contributed by atoms with Crippen molar-refractivity contribution in [1.82, 2.24) is 0 Å². The highest BCUT2D eigenvalue weighted by molar-refractivity contribution is 5.94. The van der Waals surface area contributed by atoms with Gasteiger partial charge in [0, 0.05) is 19.4 Å². The third kappa shape index (κ3) is 6.65. The van der Waals surface area contributed by atoms with Crippen molar-refractivity contribution < 1.29 is 23.7 Å². The van der Waals surface area contributed by atoms with Gasteiger partial charge < -0.3 is 24.3 Å². The van der Waals surface area contributed by atoms with E-state index in [1.165, 1.54) is 0 Å². The van der Waals surface area contributed by atoms with Crippen LogP contribution in [0.2, 0.25) is 0 Å². The number of methoxy groups -OCH3 is 1. The summed E-state index contributed by atoms with van der Waals surface area (Å²) >= 11 is 0. The van der Waals surface area contributed by atoms with Crippen LogP contribution >= 0.6 is 0 Å². The fourth-order valence-electron chi connectivity index (χ4n) is 2.65. The first kappa shape index (κ1) is 19.7. The molecule has 2 rings (SSSR count). The molecule has 0 unspecified atom stereocenters. The van der Waals surface area contributed by atoms with Crippen molar-refractivity contribution in [2.24, 2.45) is 5.92 Å². The Labute approximate surface area is 149 Å². The summed E-state index contributed by atoms with van der Waals surface area (Å²) in [6.45, 7) is 6.23. The Morgan fingerprint density at radius 1 is 1.28 bits per heavy atom. The van der Waals surface area contributed by atoms with Crippen molar-refractivity contribution in [3.05, 3.63) is 24.3 Å². The number of nitrogens with one attached hydrogen (secondary N) is 1. The lowest BCUT2D eigenvalue weighted by atomic mass is 10.1. The molecule has 6 heteroatoms. The number of amides is 1. The molecule has 1 aromatic carbocycles. The van der Waals surface area contributed by atoms with Gasteiger partial charge in [-0.2, -0.15) is 0 Å². The van der Waals surface area contributed by atoms with E-state index in [0.29, 0.717) is 19.8 Å². The van der Waals surface area contributed by atoms with Gasteiger partial charge in [0.1, 0.15) is 18.5 Å². The van der Waals surface area contributed by atoms with Crippen LogP contribution < -0.4 is 10.1 Å². The van der Waals surface area contributed by atoms with Crippen LogP contribution in [0.1, 0.15) is 26.7 Å². The molecule has 25 heavy (non-hydrogen) atoms. The summed E-state index contributed by atoms with van der Waals surface area (Å²) in [7, 11) is 1.63. The lowest BCUT2D eigenvalue weighted by molar-refractivity contribution is -0.132. The van der Waals surface area contributed by atoms with Gasteiger partial charge >= 0.3 is 0 Å². The van der Waals surface area contributed by atoms with Gasteiger partial charge in [0.05, 0.1) is 19.3 Å². The fourth-order valence-corrected chi connectivity index (χ4v) is 2.65. The number of hydrogen-bond donors (Lipinski definition) is 1. The molecule has 1 fully saturated rings. The number of carbonyl (C=O) groups excluding carboxylic acids is 1. The highest BCUT2D eigenvalue weighted by atomic mass is 16.5. The highest BCUT2D eigenvalue weighted by Crippen LogP contribution is 2.19. The molecule has 1 aliphatic rings. The molecule has 140 valence electrons. The summed E-state index contributed by atoms with van der Waals surface area (Å²) in [4.78, 5) is 12.5. The summed E-state index contributed by atoms with van der Waals surface area (Å²) in [5.74, 6) is 0.684. The Hall–Kier alpha value is -1.63. The van der Waals surface area contributed by atoms with Crippen molar-refractivity contribution in [2.45, 2.75) is 38.9 Å². The predicted octanol–water partition coefficient (Wildman–Crippen LogP) is 2.87. The quantitative estimate of drug-likeness (QED) is 0.657. The van der Waals surface area contributed by atoms with Crippen LogP contribution in [-0.4, -0.2) is 51.7 Å². The van der Waals surface area contributed by atoms with E-state index in [1.54, 1.807) is 7.11 Å². The summed E-state index contributed by atoms with van der Waals surface area (Å²) < 4.78 is 21.8. The summed E-state index contributed by atoms with van der Waals surface area (Å²) in [5, 5.41) is 2.91. The minimum absolute atomic E-state index is 0.0815. The molecule has 0 spiro atoms. The lowest BCUT2D eigenvalue weighted by Gasteiger charge is -2.22. The van der Waals surface area contributed by atoms with Gasteiger partial charge in [0.15, 0.2) is 0 Å². The maximum atomic E-state index is 12.5. The van der Waals surface area contributed by atoms with Crippen molar-refractivity contribution in [3.8, 4) is 5.75 Å². The predicted molar refractivity (Wildman–Crippen MR) is 96.0 cm³/mol. The molecule has 1 aliphatic heterocycles. The zero-order valence-corrected chi connectivity index (χ0v) is 15.3. The number of rotatable bonds is 10. The Balaban J connectivity index is 1.84. The summed E-state index contributed by atoms with van der Waals surface area (Å²) in [5.41, 5.74) is 0.718. The molecular formula is C19H29NO5. The molecule has 1 amide bonds. The molecule has 1 N–H and O–H groups in total. The van der Waals surface area contributed by atoms with Gasteiger partial charge in [-0.25, -0.2) is 0 Å². The average Bonchev–Trinajstić information content (AvgIpc) is 3.10. The van der Waals surface area contributed by atoms with E-state index < -0.39 is 6.10 Å². The Morgan fingerprint density at radius 3 is 2.64 bits per heavy atom. The smallest absolute Gasteiger partial charge is 0.253 e. The fraction of sp³-hybridized carbons (Fsp3) is 0.632. The maximum absolute atomic E-state index is 12.5. The number of carbonyl (C=O) groups is 1. The van der Waals surface area contributed by atoms with Gasteiger partial charge in [0.2, 0.25) is 0 Å². The van der Waals surface area contributed by atoms with Gasteiger partial charge in [-0.3, -0.25) is 4.79 Å². The van der Waals surface area contributed by atoms with Gasteiger partial charge in [-0.05, 0) is 43.0 Å². The van der Waals surface area contributed by atoms with Crippen LogP contribution in [0.3, 0.4) is 0 Å². The second-order valence-electron chi connectivity index (χ2n) is 6.49. The molecule has 1 heterocycles. The number of benzene rings is 1. The zero-order chi connectivity index (χ0) is 18.1. The number of hydrogen-bond acceptors (Lipinski definition) is 5. The van der Waals surface area contributed by atoms with Crippen molar-refractivity contribution in [2.75, 3.05) is 38.9 Å². The second-order valence-corrected chi connectivity index (χ2v) is 6.49. The van der Waals surface area contributed by atoms with Crippen LogP contribution in [0.15, 0.2) is 24.3 Å². The molecule has 1 saturated heterocycles. The van der Waals surface area contributed by atoms with Gasteiger partial charge in [-0.15, -0.1) is 0 Å². The van der Waals surface area contributed by atoms with E-state index in [0.717, 1.165) is 30.9 Å². The van der Waals surface area contributed by atoms with Crippen LogP contribution in [0.25, 0.3) is 0 Å². The largest absolute Gasteiger partial charge is 0.491 e. The monoisotopic (exact) mass is 351 g/mol. The van der Waals surface area contributed by atoms with Crippen molar-refractivity contribution in [3.63, 3.8) is 0 Å². The zero-order valence-electron chi connectivity index (χ0n) is 15.3. The first-order valence-electron chi connectivity index (χ1n) is 8.86. The van der Waals surface area contributed by atoms with E-state index in [2.05, 4.69) is 5.32 Å². The normalized spacial score (nSPS) is 18.3. The van der Waals surface area contributed by atoms with E-state index in [4.69, 9.17) is 18.9 Å². The van der Waals surface area contributed by atoms with Crippen molar-refractivity contribution in [1.29, 1.82) is 0 Å². The Kier molecular flexibility index (Phi) is 8.18. The van der Waals surface area contributed by atoms with E-state index >= 15 is 0 Å². The Morgan fingerprint density at radius 2 is 2.04 bits per heavy atom. The maximum Gasteiger partial charge on any atom is 0.253 e. The highest BCUT2D eigenvalue weighted by Gasteiger charge is 2.25. The Bertz CT molecular complexity index is 511. The van der Waals surface area contributed by atoms with Crippen LogP contribution in [0, 0.1) is 5.92 Å². The molecule has 0 bridgehead atoms. The van der Waals surface area contributed by atoms with Crippen LogP contribution in [0.5, 0.6) is 5.75 Å². The minimum atomic E-state index is -0.498. The topological polar surface area (TPSA) is 66.0 Å². The second kappa shape index (κ2) is 10.4. The minimum Gasteiger partial charge on any atom is -0.491 e. The molecule has 0 saturated carbocycles. The molecule has 1 aromatic rings. The van der Waals surface area contributed by atoms with Crippen LogP contribution in [0.4, 0.5) is 5.69 Å².